The molecule has 3 aromatic heterocycles. The summed E-state index contributed by atoms with van der Waals surface area (Å²) in [6, 6.07) is 11.6. The lowest BCUT2D eigenvalue weighted by Gasteiger charge is -2.07. The van der Waals surface area contributed by atoms with Crippen LogP contribution in [0.1, 0.15) is 17.4 Å². The Balaban J connectivity index is 1.96. The Morgan fingerprint density at radius 1 is 1.12 bits per heavy atom. The standard InChI is InChI=1S/C19H15N5O/c1-11-22-16-8-13(4-7-17(16)24(11)3)19-15(6-5-14(9-20)23-19)18-10-21-12(2)25-18/h4-8,10H,1-3H3. The number of rotatable bonds is 2. The monoisotopic (exact) mass is 329 g/mol. The number of hydrogen-bond acceptors (Lipinski definition) is 5. The van der Waals surface area contributed by atoms with Crippen molar-refractivity contribution in [3.63, 3.8) is 0 Å². The van der Waals surface area contributed by atoms with Crippen LogP contribution in [0.2, 0.25) is 0 Å². The number of nitriles is 1. The van der Waals surface area contributed by atoms with Crippen LogP contribution in [0.5, 0.6) is 0 Å². The van der Waals surface area contributed by atoms with Crippen molar-refractivity contribution in [2.45, 2.75) is 13.8 Å². The second-order valence-electron chi connectivity index (χ2n) is 5.87. The molecule has 0 aliphatic rings. The fraction of sp³-hybridized carbons (Fsp3) is 0.158. The third kappa shape index (κ3) is 2.46. The minimum atomic E-state index is 0.354. The molecule has 0 fully saturated rings. The first kappa shape index (κ1) is 15.1. The Morgan fingerprint density at radius 2 is 1.96 bits per heavy atom. The van der Waals surface area contributed by atoms with E-state index in [4.69, 9.17) is 4.42 Å². The van der Waals surface area contributed by atoms with E-state index in [9.17, 15) is 5.26 Å². The first-order valence-corrected chi connectivity index (χ1v) is 7.84. The van der Waals surface area contributed by atoms with Crippen LogP contribution < -0.4 is 0 Å². The summed E-state index contributed by atoms with van der Waals surface area (Å²) in [5, 5.41) is 9.22. The van der Waals surface area contributed by atoms with E-state index >= 15 is 0 Å². The molecule has 6 heteroatoms. The predicted octanol–water partition coefficient (Wildman–Crippen LogP) is 3.78. The van der Waals surface area contributed by atoms with Gasteiger partial charge in [0.25, 0.3) is 0 Å². The van der Waals surface area contributed by atoms with E-state index in [0.29, 0.717) is 23.0 Å². The number of pyridine rings is 1. The summed E-state index contributed by atoms with van der Waals surface area (Å²) in [5.74, 6) is 2.15. The molecule has 0 bridgehead atoms. The van der Waals surface area contributed by atoms with Gasteiger partial charge in [0.2, 0.25) is 0 Å². The van der Waals surface area contributed by atoms with Gasteiger partial charge in [-0.1, -0.05) is 6.07 Å². The van der Waals surface area contributed by atoms with Crippen LogP contribution >= 0.6 is 0 Å². The first-order chi connectivity index (χ1) is 12.1. The summed E-state index contributed by atoms with van der Waals surface area (Å²) >= 11 is 0. The molecule has 0 atom stereocenters. The molecule has 6 nitrogen and oxygen atoms in total. The lowest BCUT2D eigenvalue weighted by molar-refractivity contribution is 0.534. The maximum absolute atomic E-state index is 9.22. The van der Waals surface area contributed by atoms with E-state index < -0.39 is 0 Å². The number of hydrogen-bond donors (Lipinski definition) is 0. The van der Waals surface area contributed by atoms with Crippen LogP contribution in [0.4, 0.5) is 0 Å². The Kier molecular flexibility index (Phi) is 3.36. The van der Waals surface area contributed by atoms with E-state index in [1.807, 2.05) is 42.8 Å². The molecule has 122 valence electrons. The van der Waals surface area contributed by atoms with Crippen molar-refractivity contribution in [3.05, 3.63) is 53.9 Å². The quantitative estimate of drug-likeness (QED) is 0.559. The van der Waals surface area contributed by atoms with E-state index in [2.05, 4.69) is 21.0 Å². The molecular formula is C19H15N5O. The minimum absolute atomic E-state index is 0.354. The Bertz CT molecular complexity index is 1150. The van der Waals surface area contributed by atoms with E-state index in [-0.39, 0.29) is 0 Å². The molecule has 0 saturated carbocycles. The number of aryl methyl sites for hydroxylation is 3. The highest BCUT2D eigenvalue weighted by Crippen LogP contribution is 2.32. The van der Waals surface area contributed by atoms with Gasteiger partial charge >= 0.3 is 0 Å². The molecule has 0 radical (unpaired) electrons. The summed E-state index contributed by atoms with van der Waals surface area (Å²) < 4.78 is 7.70. The van der Waals surface area contributed by atoms with Crippen molar-refractivity contribution in [1.82, 2.24) is 19.5 Å². The summed E-state index contributed by atoms with van der Waals surface area (Å²) in [6.45, 7) is 3.76. The van der Waals surface area contributed by atoms with E-state index in [0.717, 1.165) is 28.0 Å². The molecule has 0 N–H and O–H groups in total. The Labute approximate surface area is 144 Å². The maximum Gasteiger partial charge on any atom is 0.191 e. The molecular weight excluding hydrogens is 314 g/mol. The molecule has 0 amide bonds. The molecule has 1 aromatic carbocycles. The molecule has 0 unspecified atom stereocenters. The smallest absolute Gasteiger partial charge is 0.191 e. The largest absolute Gasteiger partial charge is 0.441 e. The van der Waals surface area contributed by atoms with E-state index in [1.165, 1.54) is 0 Å². The van der Waals surface area contributed by atoms with Gasteiger partial charge in [-0.2, -0.15) is 5.26 Å². The minimum Gasteiger partial charge on any atom is -0.441 e. The van der Waals surface area contributed by atoms with Crippen molar-refractivity contribution in [2.75, 3.05) is 0 Å². The van der Waals surface area contributed by atoms with Gasteiger partial charge in [-0.3, -0.25) is 0 Å². The van der Waals surface area contributed by atoms with Gasteiger partial charge in [-0.05, 0) is 31.2 Å². The lowest BCUT2D eigenvalue weighted by atomic mass is 10.0. The second-order valence-corrected chi connectivity index (χ2v) is 5.87. The van der Waals surface area contributed by atoms with Gasteiger partial charge in [0.05, 0.1) is 22.9 Å². The van der Waals surface area contributed by atoms with Gasteiger partial charge in [0.15, 0.2) is 11.7 Å². The summed E-state index contributed by atoms with van der Waals surface area (Å²) in [4.78, 5) is 13.2. The third-order valence-corrected chi connectivity index (χ3v) is 4.27. The molecule has 0 saturated heterocycles. The SMILES string of the molecule is Cc1ncc(-c2ccc(C#N)nc2-c2ccc3c(c2)nc(C)n3C)o1. The molecule has 0 spiro atoms. The number of imidazole rings is 1. The van der Waals surface area contributed by atoms with E-state index in [1.54, 1.807) is 19.2 Å². The van der Waals surface area contributed by atoms with Gasteiger partial charge in [-0.25, -0.2) is 15.0 Å². The molecule has 0 aliphatic heterocycles. The zero-order valence-corrected chi connectivity index (χ0v) is 14.1. The summed E-state index contributed by atoms with van der Waals surface area (Å²) in [5.41, 5.74) is 4.65. The van der Waals surface area contributed by atoms with Crippen LogP contribution in [0.15, 0.2) is 40.9 Å². The highest BCUT2D eigenvalue weighted by atomic mass is 16.4. The van der Waals surface area contributed by atoms with Gasteiger partial charge in [-0.15, -0.1) is 0 Å². The highest BCUT2D eigenvalue weighted by Gasteiger charge is 2.15. The lowest BCUT2D eigenvalue weighted by Crippen LogP contribution is -1.93. The predicted molar refractivity (Wildman–Crippen MR) is 93.6 cm³/mol. The average molecular weight is 329 g/mol. The number of aromatic nitrogens is 4. The zero-order chi connectivity index (χ0) is 17.6. The number of fused-ring (bicyclic) bond motifs is 1. The van der Waals surface area contributed by atoms with Crippen molar-refractivity contribution >= 4 is 11.0 Å². The fourth-order valence-corrected chi connectivity index (χ4v) is 2.89. The van der Waals surface area contributed by atoms with Crippen LogP contribution in [0.3, 0.4) is 0 Å². The van der Waals surface area contributed by atoms with Crippen LogP contribution in [-0.2, 0) is 7.05 Å². The summed E-state index contributed by atoms with van der Waals surface area (Å²) in [6.07, 6.45) is 1.67. The number of oxazole rings is 1. The van der Waals surface area contributed by atoms with Gasteiger partial charge < -0.3 is 8.98 Å². The Morgan fingerprint density at radius 3 is 2.68 bits per heavy atom. The number of nitrogens with zero attached hydrogens (tertiary/aromatic N) is 5. The van der Waals surface area contributed by atoms with Crippen LogP contribution in [0.25, 0.3) is 33.6 Å². The second kappa shape index (κ2) is 5.56. The summed E-state index contributed by atoms with van der Waals surface area (Å²) in [7, 11) is 1.99. The van der Waals surface area contributed by atoms with Crippen LogP contribution in [-0.4, -0.2) is 19.5 Å². The normalized spacial score (nSPS) is 11.0. The Hall–Kier alpha value is -3.46. The molecule has 3 heterocycles. The molecule has 4 rings (SSSR count). The van der Waals surface area contributed by atoms with Gasteiger partial charge in [0.1, 0.15) is 17.6 Å². The zero-order valence-electron chi connectivity index (χ0n) is 14.1. The molecule has 0 aliphatic carbocycles. The highest BCUT2D eigenvalue weighted by molar-refractivity contribution is 5.86. The molecule has 4 aromatic rings. The van der Waals surface area contributed by atoms with Crippen molar-refractivity contribution in [2.24, 2.45) is 7.05 Å². The van der Waals surface area contributed by atoms with Crippen molar-refractivity contribution in [3.8, 4) is 28.7 Å². The van der Waals surface area contributed by atoms with Crippen LogP contribution in [0, 0.1) is 25.2 Å². The van der Waals surface area contributed by atoms with Gasteiger partial charge in [0, 0.05) is 25.1 Å². The third-order valence-electron chi connectivity index (χ3n) is 4.27. The topological polar surface area (TPSA) is 80.5 Å². The van der Waals surface area contributed by atoms with Crippen molar-refractivity contribution in [1.29, 1.82) is 5.26 Å². The number of benzene rings is 1. The maximum atomic E-state index is 9.22. The van der Waals surface area contributed by atoms with Crippen molar-refractivity contribution < 1.29 is 4.42 Å². The first-order valence-electron chi connectivity index (χ1n) is 7.84. The average Bonchev–Trinajstić information content (AvgIpc) is 3.17. The fourth-order valence-electron chi connectivity index (χ4n) is 2.89. The molecule has 25 heavy (non-hydrogen) atoms.